The minimum Gasteiger partial charge on any atom is -0.452 e. The Morgan fingerprint density at radius 2 is 0.696 bits per heavy atom. The summed E-state index contributed by atoms with van der Waals surface area (Å²) in [7, 11) is 0. The molecule has 0 aliphatic carbocycles. The Hall–Kier alpha value is -7.98. The van der Waals surface area contributed by atoms with Gasteiger partial charge in [0.2, 0.25) is 0 Å². The minimum absolute atomic E-state index is 0.129. The summed E-state index contributed by atoms with van der Waals surface area (Å²) in [6.45, 7) is 0.646. The van der Waals surface area contributed by atoms with Crippen LogP contribution in [0.25, 0.3) is 0 Å². The maximum absolute atomic E-state index is 14.0. The first-order chi connectivity index (χ1) is 33.6. The van der Waals surface area contributed by atoms with Gasteiger partial charge in [-0.15, -0.1) is 0 Å². The van der Waals surface area contributed by atoms with Crippen molar-refractivity contribution in [3.8, 4) is 0 Å². The molecule has 15 heteroatoms. The van der Waals surface area contributed by atoms with E-state index in [1.165, 1.54) is 48.5 Å². The molecule has 15 nitrogen and oxygen atoms in total. The third-order valence-corrected chi connectivity index (χ3v) is 11.2. The zero-order chi connectivity index (χ0) is 48.1. The first kappa shape index (κ1) is 47.5. The average Bonchev–Trinajstić information content (AvgIpc) is 3.40. The molecule has 69 heavy (non-hydrogen) atoms. The second kappa shape index (κ2) is 22.7. The van der Waals surface area contributed by atoms with Crippen LogP contribution in [0.5, 0.6) is 0 Å². The molecule has 2 fully saturated rings. The number of carbonyl (C=O) groups excluding carboxylic acids is 6. The van der Waals surface area contributed by atoms with Crippen molar-refractivity contribution in [2.45, 2.75) is 62.0 Å². The van der Waals surface area contributed by atoms with Crippen molar-refractivity contribution < 1.29 is 71.4 Å². The van der Waals surface area contributed by atoms with Crippen LogP contribution in [0.3, 0.4) is 0 Å². The topological polar surface area (TPSA) is 185 Å². The fourth-order valence-electron chi connectivity index (χ4n) is 7.72. The molecule has 0 spiro atoms. The van der Waals surface area contributed by atoms with E-state index < -0.39 is 104 Å². The van der Waals surface area contributed by atoms with Gasteiger partial charge in [-0.3, -0.25) is 0 Å². The van der Waals surface area contributed by atoms with Crippen LogP contribution in [-0.4, -0.2) is 104 Å². The van der Waals surface area contributed by atoms with Crippen molar-refractivity contribution in [3.63, 3.8) is 0 Å². The second-order valence-corrected chi connectivity index (χ2v) is 15.9. The van der Waals surface area contributed by atoms with Gasteiger partial charge in [-0.2, -0.15) is 0 Å². The van der Waals surface area contributed by atoms with Crippen LogP contribution in [-0.2, 0) is 42.6 Å². The van der Waals surface area contributed by atoms with Crippen LogP contribution in [0.1, 0.15) is 69.1 Å². The second-order valence-electron chi connectivity index (χ2n) is 15.9. The third kappa shape index (κ3) is 12.0. The predicted molar refractivity (Wildman–Crippen MR) is 244 cm³/mol. The summed E-state index contributed by atoms with van der Waals surface area (Å²) in [6.07, 6.45) is -12.8. The standard InChI is InChI=1S/C54H46O15/c1-34-43(65-49(56)36-22-10-3-11-23-36)46(68-52(59)39-28-16-6-17-29-39)44(66-50(57)37-24-12-4-13-25-37)41(63-34)32-61-54-47(69-53(60)40-30-18-7-19-31-40)45(67-51(58)38-26-14-5-15-27-38)42(33-62-54)64-48(55)35-20-8-2-9-21-35/h2-31,34,41-47,54H,32-33H2,1H3/t34-,41?,42-,43?,44+,45-,46+,47?,54+/m0/s1. The molecule has 6 aromatic rings. The molecule has 6 aromatic carbocycles. The van der Waals surface area contributed by atoms with Gasteiger partial charge in [-0.25, -0.2) is 28.8 Å². The number of hydrogen-bond donors (Lipinski definition) is 0. The first-order valence-corrected chi connectivity index (χ1v) is 22.1. The van der Waals surface area contributed by atoms with Crippen molar-refractivity contribution in [1.82, 2.24) is 0 Å². The Morgan fingerprint density at radius 3 is 1.07 bits per heavy atom. The first-order valence-electron chi connectivity index (χ1n) is 22.1. The molecule has 0 amide bonds. The molecule has 2 saturated heterocycles. The highest BCUT2D eigenvalue weighted by Crippen LogP contribution is 2.33. The number of ether oxygens (including phenoxy) is 9. The van der Waals surface area contributed by atoms with Gasteiger partial charge in [0.05, 0.1) is 52.7 Å². The SMILES string of the molecule is C[C@@H]1OC(CO[C@@H]2OC[C@H](OC(=O)c3ccccc3)[C@H](OC(=O)c3ccccc3)C2OC(=O)c2ccccc2)[C@@H](OC(=O)c2ccccc2)[C@H](OC(=O)c2ccccc2)C1OC(=O)c1ccccc1. The van der Waals surface area contributed by atoms with Crippen LogP contribution in [0, 0.1) is 0 Å². The smallest absolute Gasteiger partial charge is 0.338 e. The predicted octanol–water partition coefficient (Wildman–Crippen LogP) is 7.50. The maximum Gasteiger partial charge on any atom is 0.338 e. The molecule has 0 aromatic heterocycles. The number of hydrogen-bond acceptors (Lipinski definition) is 15. The zero-order valence-electron chi connectivity index (χ0n) is 37.1. The fraction of sp³-hybridized carbons (Fsp3) is 0.222. The van der Waals surface area contributed by atoms with E-state index in [9.17, 15) is 28.8 Å². The summed E-state index contributed by atoms with van der Waals surface area (Å²) >= 11 is 0. The highest BCUT2D eigenvalue weighted by atomic mass is 16.7. The summed E-state index contributed by atoms with van der Waals surface area (Å²) in [5.74, 6) is -4.89. The molecule has 352 valence electrons. The van der Waals surface area contributed by atoms with Crippen molar-refractivity contribution in [2.75, 3.05) is 13.2 Å². The van der Waals surface area contributed by atoms with Crippen LogP contribution in [0.15, 0.2) is 182 Å². The van der Waals surface area contributed by atoms with Crippen LogP contribution >= 0.6 is 0 Å². The summed E-state index contributed by atoms with van der Waals surface area (Å²) in [5, 5.41) is 0. The molecule has 0 N–H and O–H groups in total. The Morgan fingerprint density at radius 1 is 0.391 bits per heavy atom. The van der Waals surface area contributed by atoms with E-state index >= 15 is 0 Å². The minimum atomic E-state index is -1.62. The van der Waals surface area contributed by atoms with Crippen LogP contribution < -0.4 is 0 Å². The van der Waals surface area contributed by atoms with Crippen molar-refractivity contribution in [2.24, 2.45) is 0 Å². The van der Waals surface area contributed by atoms with Gasteiger partial charge in [0.1, 0.15) is 6.10 Å². The molecule has 3 unspecified atom stereocenters. The van der Waals surface area contributed by atoms with E-state index in [4.69, 9.17) is 42.6 Å². The van der Waals surface area contributed by atoms with E-state index in [2.05, 4.69) is 0 Å². The number of esters is 6. The fourth-order valence-corrected chi connectivity index (χ4v) is 7.72. The lowest BCUT2D eigenvalue weighted by Gasteiger charge is -2.45. The molecular formula is C54H46O15. The zero-order valence-corrected chi connectivity index (χ0v) is 37.1. The lowest BCUT2D eigenvalue weighted by atomic mass is 9.94. The largest absolute Gasteiger partial charge is 0.452 e. The lowest BCUT2D eigenvalue weighted by molar-refractivity contribution is -0.287. The summed E-state index contributed by atoms with van der Waals surface area (Å²) in [4.78, 5) is 82.8. The van der Waals surface area contributed by atoms with Crippen LogP contribution in [0.4, 0.5) is 0 Å². The van der Waals surface area contributed by atoms with Crippen molar-refractivity contribution in [1.29, 1.82) is 0 Å². The van der Waals surface area contributed by atoms with E-state index in [0.29, 0.717) is 0 Å². The Bertz CT molecular complexity index is 2670. The Kier molecular flexibility index (Phi) is 15.6. The van der Waals surface area contributed by atoms with Crippen molar-refractivity contribution >= 4 is 35.8 Å². The quantitative estimate of drug-likeness (QED) is 0.0728. The van der Waals surface area contributed by atoms with E-state index in [1.54, 1.807) is 140 Å². The summed E-state index contributed by atoms with van der Waals surface area (Å²) < 4.78 is 55.4. The van der Waals surface area contributed by atoms with Gasteiger partial charge in [0, 0.05) is 0 Å². The summed E-state index contributed by atoms with van der Waals surface area (Å²) in [5.41, 5.74) is 0.962. The number of carbonyl (C=O) groups is 6. The van der Waals surface area contributed by atoms with Gasteiger partial charge in [-0.05, 0) is 79.7 Å². The molecule has 8 rings (SSSR count). The normalized spacial score (nSPS) is 23.0. The molecule has 9 atom stereocenters. The molecule has 0 saturated carbocycles. The maximum atomic E-state index is 14.0. The molecule has 0 radical (unpaired) electrons. The van der Waals surface area contributed by atoms with Gasteiger partial charge in [0.15, 0.2) is 42.9 Å². The third-order valence-electron chi connectivity index (χ3n) is 11.2. The van der Waals surface area contributed by atoms with Gasteiger partial charge < -0.3 is 42.6 Å². The number of benzene rings is 6. The van der Waals surface area contributed by atoms with E-state index in [0.717, 1.165) is 0 Å². The monoisotopic (exact) mass is 934 g/mol. The highest BCUT2D eigenvalue weighted by molar-refractivity contribution is 5.92. The Balaban J connectivity index is 1.14. The van der Waals surface area contributed by atoms with Crippen LogP contribution in [0.2, 0.25) is 0 Å². The molecule has 2 heterocycles. The molecule has 2 aliphatic heterocycles. The lowest BCUT2D eigenvalue weighted by Crippen LogP contribution is -2.63. The summed E-state index contributed by atoms with van der Waals surface area (Å²) in [6, 6.07) is 48.4. The molecule has 0 bridgehead atoms. The van der Waals surface area contributed by atoms with Crippen molar-refractivity contribution in [3.05, 3.63) is 215 Å². The number of rotatable bonds is 15. The van der Waals surface area contributed by atoms with Gasteiger partial charge >= 0.3 is 35.8 Å². The average molecular weight is 935 g/mol. The van der Waals surface area contributed by atoms with E-state index in [1.807, 2.05) is 0 Å². The highest BCUT2D eigenvalue weighted by Gasteiger charge is 2.53. The van der Waals surface area contributed by atoms with Gasteiger partial charge in [0.25, 0.3) is 0 Å². The van der Waals surface area contributed by atoms with Gasteiger partial charge in [-0.1, -0.05) is 109 Å². The Labute approximate surface area is 396 Å². The van der Waals surface area contributed by atoms with E-state index in [-0.39, 0.29) is 33.4 Å². The molecule has 2 aliphatic rings. The molecular weight excluding hydrogens is 889 g/mol.